The summed E-state index contributed by atoms with van der Waals surface area (Å²) in [6, 6.07) is 8.01. The van der Waals surface area contributed by atoms with Gasteiger partial charge in [-0.1, -0.05) is 12.1 Å². The molecule has 0 saturated heterocycles. The lowest BCUT2D eigenvalue weighted by atomic mass is 10.1. The van der Waals surface area contributed by atoms with Crippen LogP contribution in [0.25, 0.3) is 0 Å². The summed E-state index contributed by atoms with van der Waals surface area (Å²) in [5.41, 5.74) is 2.57. The molecule has 0 bridgehead atoms. The lowest BCUT2D eigenvalue weighted by Gasteiger charge is -2.07. The van der Waals surface area contributed by atoms with Crippen LogP contribution in [-0.2, 0) is 6.54 Å². The number of aromatic nitrogens is 1. The first-order valence-electron chi connectivity index (χ1n) is 4.93. The van der Waals surface area contributed by atoms with Crippen molar-refractivity contribution in [3.05, 3.63) is 45.9 Å². The zero-order chi connectivity index (χ0) is 11.4. The van der Waals surface area contributed by atoms with E-state index in [1.807, 2.05) is 30.5 Å². The van der Waals surface area contributed by atoms with Crippen LogP contribution in [0, 0.1) is 18.3 Å². The van der Waals surface area contributed by atoms with Crippen molar-refractivity contribution in [2.45, 2.75) is 13.5 Å². The van der Waals surface area contributed by atoms with Crippen molar-refractivity contribution < 1.29 is 0 Å². The second-order valence-electron chi connectivity index (χ2n) is 3.39. The Balaban J connectivity index is 2.16. The van der Waals surface area contributed by atoms with Crippen molar-refractivity contribution in [3.8, 4) is 6.07 Å². The quantitative estimate of drug-likeness (QED) is 0.880. The molecule has 0 radical (unpaired) electrons. The molecule has 0 unspecified atom stereocenters. The van der Waals surface area contributed by atoms with Crippen LogP contribution < -0.4 is 5.32 Å². The molecule has 80 valence electrons. The third-order valence-corrected chi connectivity index (χ3v) is 3.08. The summed E-state index contributed by atoms with van der Waals surface area (Å²) in [7, 11) is 0. The second-order valence-corrected chi connectivity index (χ2v) is 4.37. The Labute approximate surface area is 98.4 Å². The molecule has 1 N–H and O–H groups in total. The van der Waals surface area contributed by atoms with Crippen molar-refractivity contribution in [2.75, 3.05) is 5.32 Å². The summed E-state index contributed by atoms with van der Waals surface area (Å²) in [5, 5.41) is 15.2. The van der Waals surface area contributed by atoms with Gasteiger partial charge in [0.1, 0.15) is 11.1 Å². The number of benzene rings is 1. The standard InChI is InChI=1S/C12H11N3S/c1-9-3-2-4-11(10(9)7-13)15-8-12-14-5-6-16-12/h2-6,15H,8H2,1H3. The first-order chi connectivity index (χ1) is 7.81. The minimum atomic E-state index is 0.662. The van der Waals surface area contributed by atoms with Crippen LogP contribution in [0.5, 0.6) is 0 Å². The molecule has 0 amide bonds. The van der Waals surface area contributed by atoms with Crippen molar-refractivity contribution in [2.24, 2.45) is 0 Å². The van der Waals surface area contributed by atoms with Crippen LogP contribution in [0.1, 0.15) is 16.1 Å². The largest absolute Gasteiger partial charge is 0.377 e. The Bertz CT molecular complexity index is 512. The summed E-state index contributed by atoms with van der Waals surface area (Å²) in [6.45, 7) is 2.60. The third kappa shape index (κ3) is 2.20. The van der Waals surface area contributed by atoms with Gasteiger partial charge in [-0.05, 0) is 18.6 Å². The van der Waals surface area contributed by atoms with Gasteiger partial charge in [-0.3, -0.25) is 0 Å². The molecule has 4 heteroatoms. The number of hydrogen-bond acceptors (Lipinski definition) is 4. The molecule has 2 aromatic rings. The van der Waals surface area contributed by atoms with Gasteiger partial charge in [0.2, 0.25) is 0 Å². The number of anilines is 1. The van der Waals surface area contributed by atoms with Gasteiger partial charge in [0, 0.05) is 11.6 Å². The molecular weight excluding hydrogens is 218 g/mol. The first-order valence-corrected chi connectivity index (χ1v) is 5.81. The van der Waals surface area contributed by atoms with Crippen molar-refractivity contribution in [3.63, 3.8) is 0 Å². The van der Waals surface area contributed by atoms with E-state index in [0.29, 0.717) is 12.1 Å². The molecule has 1 heterocycles. The van der Waals surface area contributed by atoms with E-state index in [9.17, 15) is 0 Å². The van der Waals surface area contributed by atoms with Gasteiger partial charge >= 0.3 is 0 Å². The smallest absolute Gasteiger partial charge is 0.112 e. The molecule has 0 spiro atoms. The van der Waals surface area contributed by atoms with Crippen LogP contribution in [0.4, 0.5) is 5.69 Å². The lowest BCUT2D eigenvalue weighted by molar-refractivity contribution is 1.10. The zero-order valence-electron chi connectivity index (χ0n) is 8.90. The Morgan fingerprint density at radius 2 is 2.38 bits per heavy atom. The average molecular weight is 229 g/mol. The summed E-state index contributed by atoms with van der Waals surface area (Å²) in [4.78, 5) is 4.18. The van der Waals surface area contributed by atoms with Gasteiger partial charge in [0.25, 0.3) is 0 Å². The van der Waals surface area contributed by atoms with Crippen molar-refractivity contribution in [1.82, 2.24) is 4.98 Å². The zero-order valence-corrected chi connectivity index (χ0v) is 9.71. The van der Waals surface area contributed by atoms with Gasteiger partial charge in [0.05, 0.1) is 17.8 Å². The monoisotopic (exact) mass is 229 g/mol. The molecule has 3 nitrogen and oxygen atoms in total. The lowest BCUT2D eigenvalue weighted by Crippen LogP contribution is -2.01. The maximum atomic E-state index is 9.05. The molecule has 2 rings (SSSR count). The van der Waals surface area contributed by atoms with Crippen LogP contribution >= 0.6 is 11.3 Å². The van der Waals surface area contributed by atoms with E-state index in [1.165, 1.54) is 0 Å². The third-order valence-electron chi connectivity index (χ3n) is 2.30. The number of hydrogen-bond donors (Lipinski definition) is 1. The fraction of sp³-hybridized carbons (Fsp3) is 0.167. The van der Waals surface area contributed by atoms with Gasteiger partial charge in [-0.2, -0.15) is 5.26 Å². The molecule has 0 aliphatic heterocycles. The second kappa shape index (κ2) is 4.77. The predicted octanol–water partition coefficient (Wildman–Crippen LogP) is 2.94. The van der Waals surface area contributed by atoms with E-state index in [4.69, 9.17) is 5.26 Å². The molecule has 0 aliphatic carbocycles. The molecule has 0 atom stereocenters. The molecule has 1 aromatic heterocycles. The van der Waals surface area contributed by atoms with Crippen molar-refractivity contribution in [1.29, 1.82) is 5.26 Å². The highest BCUT2D eigenvalue weighted by Gasteiger charge is 2.04. The normalized spacial score (nSPS) is 9.75. The van der Waals surface area contributed by atoms with Crippen LogP contribution in [0.15, 0.2) is 29.8 Å². The highest BCUT2D eigenvalue weighted by atomic mass is 32.1. The SMILES string of the molecule is Cc1cccc(NCc2nccs2)c1C#N. The van der Waals surface area contributed by atoms with Gasteiger partial charge in [-0.25, -0.2) is 4.98 Å². The van der Waals surface area contributed by atoms with E-state index in [2.05, 4.69) is 16.4 Å². The number of rotatable bonds is 3. The van der Waals surface area contributed by atoms with Crippen LogP contribution in [-0.4, -0.2) is 4.98 Å². The van der Waals surface area contributed by atoms with E-state index in [1.54, 1.807) is 17.5 Å². The average Bonchev–Trinajstić information content (AvgIpc) is 2.79. The predicted molar refractivity (Wildman–Crippen MR) is 65.3 cm³/mol. The number of nitriles is 1. The highest BCUT2D eigenvalue weighted by Crippen LogP contribution is 2.19. The molecule has 1 aromatic carbocycles. The maximum Gasteiger partial charge on any atom is 0.112 e. The first kappa shape index (κ1) is 10.7. The molecule has 0 saturated carbocycles. The molecule has 16 heavy (non-hydrogen) atoms. The summed E-state index contributed by atoms with van der Waals surface area (Å²) >= 11 is 1.60. The summed E-state index contributed by atoms with van der Waals surface area (Å²) in [6.07, 6.45) is 1.78. The maximum absolute atomic E-state index is 9.05. The summed E-state index contributed by atoms with van der Waals surface area (Å²) in [5.74, 6) is 0. The number of aryl methyl sites for hydroxylation is 1. The fourth-order valence-electron chi connectivity index (χ4n) is 1.47. The van der Waals surface area contributed by atoms with Crippen LogP contribution in [0.2, 0.25) is 0 Å². The number of thiazole rings is 1. The fourth-order valence-corrected chi connectivity index (χ4v) is 2.03. The van der Waals surface area contributed by atoms with E-state index in [0.717, 1.165) is 16.3 Å². The number of nitrogens with zero attached hydrogens (tertiary/aromatic N) is 2. The summed E-state index contributed by atoms with van der Waals surface area (Å²) < 4.78 is 0. The Hall–Kier alpha value is -1.86. The minimum absolute atomic E-state index is 0.662. The Morgan fingerprint density at radius 1 is 1.50 bits per heavy atom. The highest BCUT2D eigenvalue weighted by molar-refractivity contribution is 7.09. The van der Waals surface area contributed by atoms with E-state index < -0.39 is 0 Å². The Kier molecular flexibility index (Phi) is 3.18. The van der Waals surface area contributed by atoms with Crippen LogP contribution in [0.3, 0.4) is 0 Å². The van der Waals surface area contributed by atoms with Gasteiger partial charge in [-0.15, -0.1) is 11.3 Å². The molecule has 0 fully saturated rings. The topological polar surface area (TPSA) is 48.7 Å². The van der Waals surface area contributed by atoms with E-state index in [-0.39, 0.29) is 0 Å². The van der Waals surface area contributed by atoms with Gasteiger partial charge in [0.15, 0.2) is 0 Å². The molecule has 0 aliphatic rings. The minimum Gasteiger partial charge on any atom is -0.377 e. The number of nitrogens with one attached hydrogen (secondary N) is 1. The molecular formula is C12H11N3S. The Morgan fingerprint density at radius 3 is 3.06 bits per heavy atom. The van der Waals surface area contributed by atoms with Gasteiger partial charge < -0.3 is 5.32 Å². The van der Waals surface area contributed by atoms with E-state index >= 15 is 0 Å². The van der Waals surface area contributed by atoms with Crippen molar-refractivity contribution >= 4 is 17.0 Å².